The van der Waals surface area contributed by atoms with E-state index in [4.69, 9.17) is 10.8 Å². The first kappa shape index (κ1) is 12.4. The number of aromatic nitrogens is 3. The normalized spacial score (nSPS) is 10.6. The van der Waals surface area contributed by atoms with Gasteiger partial charge in [0.25, 0.3) is 0 Å². The van der Waals surface area contributed by atoms with Crippen molar-refractivity contribution in [2.45, 2.75) is 11.9 Å². The number of rotatable bonds is 3. The van der Waals surface area contributed by atoms with E-state index in [-0.39, 0.29) is 11.4 Å². The highest BCUT2D eigenvalue weighted by Gasteiger charge is 2.22. The predicted molar refractivity (Wildman–Crippen MR) is 69.2 cm³/mol. The quantitative estimate of drug-likeness (QED) is 0.817. The van der Waals surface area contributed by atoms with Crippen molar-refractivity contribution in [1.29, 1.82) is 0 Å². The molecule has 0 spiro atoms. The molecule has 0 amide bonds. The molecule has 0 aliphatic rings. The van der Waals surface area contributed by atoms with Crippen LogP contribution in [0.3, 0.4) is 0 Å². The summed E-state index contributed by atoms with van der Waals surface area (Å²) in [6.45, 7) is 1.92. The fraction of sp³-hybridized carbons (Fsp3) is 0.182. The first-order chi connectivity index (χ1) is 8.54. The number of anilines is 1. The molecule has 94 valence electrons. The maximum absolute atomic E-state index is 11.1. The number of carboxylic acids is 1. The summed E-state index contributed by atoms with van der Waals surface area (Å²) in [7, 11) is 0. The number of carboxylic acid groups (broad SMARTS) is 1. The van der Waals surface area contributed by atoms with Crippen molar-refractivity contribution in [2.75, 3.05) is 12.0 Å². The third-order valence-electron chi connectivity index (χ3n) is 2.41. The lowest BCUT2D eigenvalue weighted by Crippen LogP contribution is -2.07. The monoisotopic (exact) mass is 264 g/mol. The second kappa shape index (κ2) is 4.69. The lowest BCUT2D eigenvalue weighted by molar-refractivity contribution is 0.0694. The van der Waals surface area contributed by atoms with Crippen LogP contribution in [0.15, 0.2) is 23.4 Å². The topological polar surface area (TPSA) is 94.0 Å². The Morgan fingerprint density at radius 1 is 1.56 bits per heavy atom. The average molecular weight is 264 g/mol. The number of aromatic carboxylic acids is 1. The van der Waals surface area contributed by atoms with Crippen molar-refractivity contribution in [2.24, 2.45) is 0 Å². The van der Waals surface area contributed by atoms with Gasteiger partial charge in [0.2, 0.25) is 0 Å². The Bertz CT molecular complexity index is 609. The van der Waals surface area contributed by atoms with Gasteiger partial charge in [0, 0.05) is 6.20 Å². The largest absolute Gasteiger partial charge is 0.477 e. The zero-order valence-corrected chi connectivity index (χ0v) is 10.7. The minimum absolute atomic E-state index is 0.0193. The molecule has 6 nitrogen and oxygen atoms in total. The molecule has 0 saturated heterocycles. The number of nitrogen functional groups attached to an aromatic ring is 1. The summed E-state index contributed by atoms with van der Waals surface area (Å²) in [4.78, 5) is 15.3. The summed E-state index contributed by atoms with van der Waals surface area (Å²) in [5.74, 6) is -0.490. The van der Waals surface area contributed by atoms with Gasteiger partial charge in [-0.15, -0.1) is 11.8 Å². The molecule has 0 saturated carbocycles. The lowest BCUT2D eigenvalue weighted by atomic mass is 10.3. The summed E-state index contributed by atoms with van der Waals surface area (Å²) in [5, 5.41) is 13.7. The molecule has 2 aromatic rings. The van der Waals surface area contributed by atoms with Crippen molar-refractivity contribution in [1.82, 2.24) is 14.8 Å². The third kappa shape index (κ3) is 2.04. The summed E-state index contributed by atoms with van der Waals surface area (Å²) in [6.07, 6.45) is 3.38. The Balaban J connectivity index is 2.63. The minimum atomic E-state index is -1.09. The fourth-order valence-electron chi connectivity index (χ4n) is 1.56. The molecular weight excluding hydrogens is 252 g/mol. The van der Waals surface area contributed by atoms with Gasteiger partial charge in [-0.1, -0.05) is 0 Å². The van der Waals surface area contributed by atoms with E-state index < -0.39 is 5.97 Å². The molecule has 0 aliphatic heterocycles. The van der Waals surface area contributed by atoms with E-state index in [0.29, 0.717) is 10.8 Å². The number of thioether (sulfide) groups is 1. The van der Waals surface area contributed by atoms with Crippen LogP contribution >= 0.6 is 11.8 Å². The summed E-state index contributed by atoms with van der Waals surface area (Å²) >= 11 is 1.24. The molecule has 3 N–H and O–H groups in total. The van der Waals surface area contributed by atoms with Gasteiger partial charge in [0.1, 0.15) is 16.4 Å². The van der Waals surface area contributed by atoms with Crippen molar-refractivity contribution in [3.63, 3.8) is 0 Å². The first-order valence-corrected chi connectivity index (χ1v) is 6.36. The van der Waals surface area contributed by atoms with Gasteiger partial charge < -0.3 is 10.8 Å². The Hall–Kier alpha value is -2.02. The van der Waals surface area contributed by atoms with E-state index in [0.717, 1.165) is 5.56 Å². The Kier molecular flexibility index (Phi) is 3.24. The van der Waals surface area contributed by atoms with Crippen LogP contribution in [0.4, 0.5) is 5.82 Å². The second-order valence-electron chi connectivity index (χ2n) is 3.68. The van der Waals surface area contributed by atoms with Crippen LogP contribution in [0, 0.1) is 6.92 Å². The molecule has 2 heterocycles. The molecule has 2 rings (SSSR count). The van der Waals surface area contributed by atoms with E-state index in [1.54, 1.807) is 18.5 Å². The van der Waals surface area contributed by atoms with Gasteiger partial charge in [-0.25, -0.2) is 9.78 Å². The minimum Gasteiger partial charge on any atom is -0.477 e. The highest BCUT2D eigenvalue weighted by atomic mass is 32.2. The van der Waals surface area contributed by atoms with Gasteiger partial charge in [-0.05, 0) is 30.9 Å². The molecular formula is C11H12N4O2S. The Labute approximate surface area is 108 Å². The number of nitrogens with zero attached hydrogens (tertiary/aromatic N) is 3. The van der Waals surface area contributed by atoms with Gasteiger partial charge in [0.05, 0.1) is 0 Å². The fourth-order valence-corrected chi connectivity index (χ4v) is 2.12. The van der Waals surface area contributed by atoms with E-state index in [1.165, 1.54) is 16.4 Å². The van der Waals surface area contributed by atoms with Crippen LogP contribution in [-0.4, -0.2) is 32.1 Å². The molecule has 2 aromatic heterocycles. The molecule has 0 aliphatic carbocycles. The molecule has 0 aromatic carbocycles. The van der Waals surface area contributed by atoms with Crippen molar-refractivity contribution >= 4 is 23.5 Å². The zero-order chi connectivity index (χ0) is 13.3. The highest BCUT2D eigenvalue weighted by Crippen LogP contribution is 2.26. The Morgan fingerprint density at radius 3 is 2.78 bits per heavy atom. The average Bonchev–Trinajstić information content (AvgIpc) is 2.66. The summed E-state index contributed by atoms with van der Waals surface area (Å²) in [5.41, 5.74) is 6.85. The number of carbonyl (C=O) groups is 1. The van der Waals surface area contributed by atoms with Crippen LogP contribution in [0.1, 0.15) is 15.9 Å². The highest BCUT2D eigenvalue weighted by molar-refractivity contribution is 7.98. The zero-order valence-electron chi connectivity index (χ0n) is 9.91. The molecule has 0 radical (unpaired) electrons. The van der Waals surface area contributed by atoms with Crippen LogP contribution in [0.2, 0.25) is 0 Å². The standard InChI is InChI=1S/C11H12N4O2S/c1-6-3-4-13-7(5-6)15-9(12)8(11(16)17)10(14-15)18-2/h3-5H,12H2,1-2H3,(H,16,17). The number of hydrogen-bond acceptors (Lipinski definition) is 5. The number of nitrogens with two attached hydrogens (primary N) is 1. The van der Waals surface area contributed by atoms with Crippen molar-refractivity contribution in [3.8, 4) is 5.82 Å². The van der Waals surface area contributed by atoms with Crippen LogP contribution < -0.4 is 5.73 Å². The van der Waals surface area contributed by atoms with Gasteiger partial charge in [-0.2, -0.15) is 9.78 Å². The van der Waals surface area contributed by atoms with Crippen LogP contribution in [-0.2, 0) is 0 Å². The SMILES string of the molecule is CSc1nn(-c2cc(C)ccn2)c(N)c1C(=O)O. The van der Waals surface area contributed by atoms with E-state index >= 15 is 0 Å². The van der Waals surface area contributed by atoms with Crippen LogP contribution in [0.5, 0.6) is 0 Å². The van der Waals surface area contributed by atoms with E-state index in [1.807, 2.05) is 13.0 Å². The molecule has 0 fully saturated rings. The molecule has 18 heavy (non-hydrogen) atoms. The van der Waals surface area contributed by atoms with E-state index in [2.05, 4.69) is 10.1 Å². The smallest absolute Gasteiger partial charge is 0.342 e. The maximum atomic E-state index is 11.1. The number of aryl methyl sites for hydroxylation is 1. The van der Waals surface area contributed by atoms with E-state index in [9.17, 15) is 4.79 Å². The lowest BCUT2D eigenvalue weighted by Gasteiger charge is -2.03. The molecule has 7 heteroatoms. The van der Waals surface area contributed by atoms with Crippen LogP contribution in [0.25, 0.3) is 5.82 Å². The Morgan fingerprint density at radius 2 is 2.28 bits per heavy atom. The summed E-state index contributed by atoms with van der Waals surface area (Å²) in [6, 6.07) is 3.63. The number of pyridine rings is 1. The van der Waals surface area contributed by atoms with Gasteiger partial charge in [0.15, 0.2) is 5.82 Å². The predicted octanol–water partition coefficient (Wildman–Crippen LogP) is 1.58. The van der Waals surface area contributed by atoms with Gasteiger partial charge >= 0.3 is 5.97 Å². The van der Waals surface area contributed by atoms with Gasteiger partial charge in [-0.3, -0.25) is 0 Å². The second-order valence-corrected chi connectivity index (χ2v) is 4.47. The molecule has 0 bridgehead atoms. The summed E-state index contributed by atoms with van der Waals surface area (Å²) < 4.78 is 1.35. The molecule has 0 unspecified atom stereocenters. The number of hydrogen-bond donors (Lipinski definition) is 2. The van der Waals surface area contributed by atoms with Crippen molar-refractivity contribution in [3.05, 3.63) is 29.5 Å². The third-order valence-corrected chi connectivity index (χ3v) is 3.09. The van der Waals surface area contributed by atoms with Crippen molar-refractivity contribution < 1.29 is 9.90 Å². The molecule has 0 atom stereocenters. The maximum Gasteiger partial charge on any atom is 0.342 e. The first-order valence-electron chi connectivity index (χ1n) is 5.13.